The van der Waals surface area contributed by atoms with Gasteiger partial charge in [-0.1, -0.05) is 48.9 Å². The number of hydrogen-bond donors (Lipinski definition) is 0. The molecule has 2 aromatic carbocycles. The van der Waals surface area contributed by atoms with Gasteiger partial charge in [-0.15, -0.1) is 0 Å². The van der Waals surface area contributed by atoms with Gasteiger partial charge in [0.05, 0.1) is 11.2 Å². The molecule has 0 aliphatic heterocycles. The Kier molecular flexibility index (Phi) is 2.13. The molecule has 1 saturated carbocycles. The monoisotopic (exact) mass is 233 g/mol. The van der Waals surface area contributed by atoms with E-state index in [-0.39, 0.29) is 0 Å². The molecule has 1 heterocycles. The number of fused-ring (bicyclic) bond motifs is 3. The van der Waals surface area contributed by atoms with Crippen molar-refractivity contribution in [2.45, 2.75) is 25.2 Å². The fourth-order valence-corrected chi connectivity index (χ4v) is 2.92. The van der Waals surface area contributed by atoms with Crippen LogP contribution in [-0.4, -0.2) is 4.98 Å². The lowest BCUT2D eigenvalue weighted by atomic mass is 9.81. The van der Waals surface area contributed by atoms with E-state index in [1.54, 1.807) is 0 Å². The lowest BCUT2D eigenvalue weighted by Crippen LogP contribution is -2.11. The second-order valence-corrected chi connectivity index (χ2v) is 5.19. The van der Waals surface area contributed by atoms with Gasteiger partial charge in [-0.3, -0.25) is 4.98 Å². The first-order chi connectivity index (χ1) is 8.93. The Morgan fingerprint density at radius 1 is 0.778 bits per heavy atom. The summed E-state index contributed by atoms with van der Waals surface area (Å²) in [6.45, 7) is 0. The van der Waals surface area contributed by atoms with Crippen molar-refractivity contribution in [1.82, 2.24) is 4.98 Å². The van der Waals surface area contributed by atoms with Gasteiger partial charge in [-0.2, -0.15) is 0 Å². The molecule has 18 heavy (non-hydrogen) atoms. The van der Waals surface area contributed by atoms with Gasteiger partial charge >= 0.3 is 0 Å². The van der Waals surface area contributed by atoms with Crippen LogP contribution in [0.25, 0.3) is 21.7 Å². The van der Waals surface area contributed by atoms with Crippen molar-refractivity contribution in [1.29, 1.82) is 0 Å². The van der Waals surface area contributed by atoms with Crippen molar-refractivity contribution in [3.05, 3.63) is 54.2 Å². The normalized spacial score (nSPS) is 16.0. The molecule has 1 aliphatic carbocycles. The zero-order valence-electron chi connectivity index (χ0n) is 10.3. The summed E-state index contributed by atoms with van der Waals surface area (Å²) in [7, 11) is 0. The summed E-state index contributed by atoms with van der Waals surface area (Å²) in [6.07, 6.45) is 3.96. The van der Waals surface area contributed by atoms with Crippen molar-refractivity contribution in [2.75, 3.05) is 0 Å². The highest BCUT2D eigenvalue weighted by Gasteiger charge is 2.23. The third kappa shape index (κ3) is 1.37. The topological polar surface area (TPSA) is 12.9 Å². The van der Waals surface area contributed by atoms with Crippen LogP contribution in [0.5, 0.6) is 0 Å². The molecule has 1 aromatic heterocycles. The smallest absolute Gasteiger partial charge is 0.0711 e. The summed E-state index contributed by atoms with van der Waals surface area (Å²) in [5.41, 5.74) is 2.45. The zero-order chi connectivity index (χ0) is 11.9. The molecule has 88 valence electrons. The van der Waals surface area contributed by atoms with E-state index < -0.39 is 0 Å². The molecule has 4 rings (SSSR count). The Balaban J connectivity index is 2.14. The maximum atomic E-state index is 4.93. The summed E-state index contributed by atoms with van der Waals surface area (Å²) >= 11 is 0. The first-order valence-electron chi connectivity index (χ1n) is 6.71. The molecular formula is C17H15N. The van der Waals surface area contributed by atoms with Gasteiger partial charge in [-0.25, -0.2) is 0 Å². The Hall–Kier alpha value is -1.89. The number of rotatable bonds is 1. The fourth-order valence-electron chi connectivity index (χ4n) is 2.92. The summed E-state index contributed by atoms with van der Waals surface area (Å²) in [4.78, 5) is 4.93. The summed E-state index contributed by atoms with van der Waals surface area (Å²) in [5, 5.41) is 3.97. The Bertz CT molecular complexity index is 726. The van der Waals surface area contributed by atoms with E-state index in [9.17, 15) is 0 Å². The highest BCUT2D eigenvalue weighted by Crippen LogP contribution is 2.40. The summed E-state index contributed by atoms with van der Waals surface area (Å²) in [6, 6.07) is 17.2. The minimum Gasteiger partial charge on any atom is -0.252 e. The number of benzene rings is 2. The van der Waals surface area contributed by atoms with E-state index >= 15 is 0 Å². The molecule has 1 fully saturated rings. The van der Waals surface area contributed by atoms with Crippen molar-refractivity contribution in [3.8, 4) is 0 Å². The number of hydrogen-bond acceptors (Lipinski definition) is 1. The quantitative estimate of drug-likeness (QED) is 0.557. The summed E-state index contributed by atoms with van der Waals surface area (Å²) in [5.74, 6) is 0.680. The molecule has 1 heteroatoms. The van der Waals surface area contributed by atoms with Crippen molar-refractivity contribution in [3.63, 3.8) is 0 Å². The molecule has 0 unspecified atom stereocenters. The highest BCUT2D eigenvalue weighted by molar-refractivity contribution is 6.06. The molecule has 1 aliphatic rings. The number of aromatic nitrogens is 1. The lowest BCUT2D eigenvalue weighted by Gasteiger charge is -2.26. The van der Waals surface area contributed by atoms with E-state index in [0.29, 0.717) is 5.92 Å². The minimum absolute atomic E-state index is 0.680. The van der Waals surface area contributed by atoms with Gasteiger partial charge in [-0.05, 0) is 24.3 Å². The van der Waals surface area contributed by atoms with Crippen LogP contribution < -0.4 is 0 Å². The maximum absolute atomic E-state index is 4.93. The van der Waals surface area contributed by atoms with Crippen LogP contribution in [0.15, 0.2) is 48.5 Å². The van der Waals surface area contributed by atoms with Crippen LogP contribution in [0.4, 0.5) is 0 Å². The van der Waals surface area contributed by atoms with Gasteiger partial charge in [0.1, 0.15) is 0 Å². The largest absolute Gasteiger partial charge is 0.252 e. The maximum Gasteiger partial charge on any atom is 0.0711 e. The zero-order valence-corrected chi connectivity index (χ0v) is 10.3. The van der Waals surface area contributed by atoms with Gasteiger partial charge in [0.25, 0.3) is 0 Å². The van der Waals surface area contributed by atoms with Crippen LogP contribution in [-0.2, 0) is 0 Å². The second kappa shape index (κ2) is 3.81. The van der Waals surface area contributed by atoms with E-state index in [4.69, 9.17) is 4.98 Å². The van der Waals surface area contributed by atoms with Crippen molar-refractivity contribution in [2.24, 2.45) is 0 Å². The van der Waals surface area contributed by atoms with E-state index in [1.807, 2.05) is 0 Å². The average molecular weight is 233 g/mol. The van der Waals surface area contributed by atoms with Crippen LogP contribution >= 0.6 is 0 Å². The highest BCUT2D eigenvalue weighted by atomic mass is 14.7. The van der Waals surface area contributed by atoms with Crippen LogP contribution in [0, 0.1) is 0 Å². The van der Waals surface area contributed by atoms with Gasteiger partial charge in [0.2, 0.25) is 0 Å². The average Bonchev–Trinajstić information content (AvgIpc) is 2.37. The first kappa shape index (κ1) is 10.1. The molecule has 0 saturated heterocycles. The van der Waals surface area contributed by atoms with E-state index in [0.717, 1.165) is 5.52 Å². The molecular weight excluding hydrogens is 218 g/mol. The third-order valence-electron chi connectivity index (χ3n) is 4.13. The molecule has 0 atom stereocenters. The molecule has 0 N–H and O–H groups in total. The van der Waals surface area contributed by atoms with Gasteiger partial charge in [0.15, 0.2) is 0 Å². The number of para-hydroxylation sites is 1. The van der Waals surface area contributed by atoms with Gasteiger partial charge in [0, 0.05) is 16.7 Å². The molecule has 1 nitrogen and oxygen atoms in total. The predicted molar refractivity (Wildman–Crippen MR) is 75.8 cm³/mol. The third-order valence-corrected chi connectivity index (χ3v) is 4.13. The molecule has 0 spiro atoms. The van der Waals surface area contributed by atoms with Crippen LogP contribution in [0.2, 0.25) is 0 Å². The van der Waals surface area contributed by atoms with Crippen molar-refractivity contribution < 1.29 is 0 Å². The van der Waals surface area contributed by atoms with Crippen LogP contribution in [0.3, 0.4) is 0 Å². The fraction of sp³-hybridized carbons (Fsp3) is 0.235. The second-order valence-electron chi connectivity index (χ2n) is 5.19. The number of nitrogens with zero attached hydrogens (tertiary/aromatic N) is 1. The predicted octanol–water partition coefficient (Wildman–Crippen LogP) is 4.66. The number of pyridine rings is 1. The Morgan fingerprint density at radius 3 is 2.17 bits per heavy atom. The Labute approximate surface area is 106 Å². The molecule has 0 bridgehead atoms. The van der Waals surface area contributed by atoms with Crippen LogP contribution in [0.1, 0.15) is 30.9 Å². The standard InChI is InChI=1S/C17H15N/c1-2-10-15-13(8-1)14-9-3-4-11-16(14)18-17(15)12-6-5-7-12/h1-4,8-12H,5-7H2. The minimum atomic E-state index is 0.680. The SMILES string of the molecule is c1ccc2c(c1)nc(C1CCC1)c1ccccc12. The molecule has 3 aromatic rings. The Morgan fingerprint density at radius 2 is 1.44 bits per heavy atom. The lowest BCUT2D eigenvalue weighted by molar-refractivity contribution is 0.415. The first-order valence-corrected chi connectivity index (χ1v) is 6.71. The van der Waals surface area contributed by atoms with Gasteiger partial charge < -0.3 is 0 Å². The molecule has 0 amide bonds. The van der Waals surface area contributed by atoms with E-state index in [1.165, 1.54) is 41.1 Å². The van der Waals surface area contributed by atoms with Crippen molar-refractivity contribution >= 4 is 21.7 Å². The summed E-state index contributed by atoms with van der Waals surface area (Å²) < 4.78 is 0. The van der Waals surface area contributed by atoms with E-state index in [2.05, 4.69) is 48.5 Å². The molecule has 0 radical (unpaired) electrons.